The molecule has 31 heavy (non-hydrogen) atoms. The van der Waals surface area contributed by atoms with Gasteiger partial charge in [0.1, 0.15) is 6.04 Å². The van der Waals surface area contributed by atoms with E-state index in [4.69, 9.17) is 5.73 Å². The first-order valence-corrected chi connectivity index (χ1v) is 10.8. The van der Waals surface area contributed by atoms with E-state index >= 15 is 0 Å². The summed E-state index contributed by atoms with van der Waals surface area (Å²) in [5, 5.41) is 2.34. The summed E-state index contributed by atoms with van der Waals surface area (Å²) in [4.78, 5) is 40.6. The second kappa shape index (κ2) is 7.59. The maximum Gasteiger partial charge on any atom is 0.255 e. The van der Waals surface area contributed by atoms with E-state index in [1.54, 1.807) is 4.90 Å². The number of likely N-dealkylation sites (tertiary alicyclic amines) is 1. The van der Waals surface area contributed by atoms with Crippen molar-refractivity contribution >= 4 is 17.7 Å². The monoisotopic (exact) mass is 418 g/mol. The van der Waals surface area contributed by atoms with Gasteiger partial charge in [0.15, 0.2) is 0 Å². The third-order valence-corrected chi connectivity index (χ3v) is 6.73. The molecule has 7 nitrogen and oxygen atoms in total. The number of piperidine rings is 1. The van der Waals surface area contributed by atoms with Gasteiger partial charge in [0.2, 0.25) is 11.8 Å². The molecule has 5 rings (SSSR count). The molecule has 0 spiro atoms. The van der Waals surface area contributed by atoms with E-state index < -0.39 is 6.04 Å². The van der Waals surface area contributed by atoms with Crippen molar-refractivity contribution in [2.24, 2.45) is 5.73 Å². The molecule has 0 radical (unpaired) electrons. The normalized spacial score (nSPS) is 26.3. The second-order valence-corrected chi connectivity index (χ2v) is 8.87. The summed E-state index contributed by atoms with van der Waals surface area (Å²) in [5.74, 6) is -0.787. The van der Waals surface area contributed by atoms with Crippen molar-refractivity contribution in [3.8, 4) is 0 Å². The van der Waals surface area contributed by atoms with Crippen LogP contribution < -0.4 is 11.1 Å². The third kappa shape index (κ3) is 3.64. The molecule has 2 fully saturated rings. The van der Waals surface area contributed by atoms with Crippen molar-refractivity contribution in [1.29, 1.82) is 0 Å². The average Bonchev–Trinajstić information content (AvgIpc) is 3.30. The number of amides is 3. The number of nitrogens with two attached hydrogens (primary N) is 1. The van der Waals surface area contributed by atoms with Crippen LogP contribution in [0, 0.1) is 0 Å². The van der Waals surface area contributed by atoms with E-state index in [-0.39, 0.29) is 29.7 Å². The predicted molar refractivity (Wildman–Crippen MR) is 115 cm³/mol. The Morgan fingerprint density at radius 2 is 1.90 bits per heavy atom. The summed E-state index contributed by atoms with van der Waals surface area (Å²) in [7, 11) is 0. The highest BCUT2D eigenvalue weighted by Crippen LogP contribution is 2.32. The lowest BCUT2D eigenvalue weighted by Crippen LogP contribution is -2.52. The van der Waals surface area contributed by atoms with Crippen LogP contribution in [0.25, 0.3) is 0 Å². The molecule has 0 aromatic heterocycles. The largest absolute Gasteiger partial charge is 0.322 e. The molecule has 2 atom stereocenters. The number of nitrogens with one attached hydrogen (secondary N) is 1. The molecule has 2 aromatic rings. The molecule has 3 heterocycles. The van der Waals surface area contributed by atoms with Gasteiger partial charge in [-0.15, -0.1) is 0 Å². The Morgan fingerprint density at radius 3 is 2.68 bits per heavy atom. The van der Waals surface area contributed by atoms with E-state index in [1.165, 1.54) is 0 Å². The summed E-state index contributed by atoms with van der Waals surface area (Å²) < 4.78 is 0. The van der Waals surface area contributed by atoms with Crippen molar-refractivity contribution in [3.05, 3.63) is 70.8 Å². The van der Waals surface area contributed by atoms with Gasteiger partial charge in [-0.05, 0) is 35.6 Å². The average molecular weight is 418 g/mol. The Balaban J connectivity index is 1.28. The molecule has 2 unspecified atom stereocenters. The van der Waals surface area contributed by atoms with Gasteiger partial charge in [-0.2, -0.15) is 0 Å². The van der Waals surface area contributed by atoms with Crippen molar-refractivity contribution < 1.29 is 14.4 Å². The van der Waals surface area contributed by atoms with Crippen LogP contribution in [0.3, 0.4) is 0 Å². The fourth-order valence-electron chi connectivity index (χ4n) is 5.01. The highest BCUT2D eigenvalue weighted by atomic mass is 16.2. The standard InChI is InChI=1S/C24H26N4O3/c25-24(18-4-2-1-3-5-18)10-11-27(15-24)13-16-6-7-17-14-28(23(31)19(17)12-16)20-8-9-21(29)26-22(20)30/h1-7,12,20H,8-11,13-15,25H2,(H,26,29,30). The van der Waals surface area contributed by atoms with Crippen LogP contribution in [0.1, 0.15) is 46.3 Å². The van der Waals surface area contributed by atoms with Crippen LogP contribution in [-0.4, -0.2) is 46.7 Å². The minimum Gasteiger partial charge on any atom is -0.322 e. The minimum absolute atomic E-state index is 0.134. The van der Waals surface area contributed by atoms with Gasteiger partial charge in [0.25, 0.3) is 5.91 Å². The number of carbonyl (C=O) groups excluding carboxylic acids is 3. The van der Waals surface area contributed by atoms with Gasteiger partial charge in [-0.1, -0.05) is 42.5 Å². The molecule has 3 N–H and O–H groups in total. The van der Waals surface area contributed by atoms with E-state index in [0.717, 1.165) is 42.7 Å². The summed E-state index contributed by atoms with van der Waals surface area (Å²) in [5.41, 5.74) is 10.1. The van der Waals surface area contributed by atoms with Crippen LogP contribution in [0.4, 0.5) is 0 Å². The fourth-order valence-corrected chi connectivity index (χ4v) is 5.01. The number of carbonyl (C=O) groups is 3. The number of rotatable bonds is 4. The highest BCUT2D eigenvalue weighted by molar-refractivity contribution is 6.05. The summed E-state index contributed by atoms with van der Waals surface area (Å²) in [6, 6.07) is 15.6. The number of fused-ring (bicyclic) bond motifs is 1. The topological polar surface area (TPSA) is 95.7 Å². The molecule has 0 aliphatic carbocycles. The van der Waals surface area contributed by atoms with Gasteiger partial charge in [-0.25, -0.2) is 0 Å². The number of benzene rings is 2. The lowest BCUT2D eigenvalue weighted by molar-refractivity contribution is -0.136. The quantitative estimate of drug-likeness (QED) is 0.734. The SMILES string of the molecule is NC1(c2ccccc2)CCN(Cc2ccc3c(c2)C(=O)N(C2CCC(=O)NC2=O)C3)C1. The second-order valence-electron chi connectivity index (χ2n) is 8.87. The van der Waals surface area contributed by atoms with E-state index in [2.05, 4.69) is 28.4 Å². The first kappa shape index (κ1) is 19.9. The molecule has 0 saturated carbocycles. The fraction of sp³-hybridized carbons (Fsp3) is 0.375. The van der Waals surface area contributed by atoms with E-state index in [1.807, 2.05) is 30.3 Å². The Kier molecular flexibility index (Phi) is 4.87. The van der Waals surface area contributed by atoms with Crippen molar-refractivity contribution in [2.45, 2.75) is 43.9 Å². The number of imide groups is 1. The van der Waals surface area contributed by atoms with Gasteiger partial charge >= 0.3 is 0 Å². The van der Waals surface area contributed by atoms with Crippen molar-refractivity contribution in [3.63, 3.8) is 0 Å². The van der Waals surface area contributed by atoms with Crippen LogP contribution in [-0.2, 0) is 28.2 Å². The molecule has 3 aliphatic rings. The third-order valence-electron chi connectivity index (χ3n) is 6.73. The molecular weight excluding hydrogens is 392 g/mol. The summed E-state index contributed by atoms with van der Waals surface area (Å²) >= 11 is 0. The van der Waals surface area contributed by atoms with Crippen LogP contribution in [0.5, 0.6) is 0 Å². The number of hydrogen-bond donors (Lipinski definition) is 2. The van der Waals surface area contributed by atoms with Gasteiger partial charge in [0, 0.05) is 38.2 Å². The lowest BCUT2D eigenvalue weighted by Gasteiger charge is -2.29. The van der Waals surface area contributed by atoms with Crippen LogP contribution >= 0.6 is 0 Å². The van der Waals surface area contributed by atoms with Gasteiger partial charge in [-0.3, -0.25) is 24.6 Å². The Hall–Kier alpha value is -3.03. The van der Waals surface area contributed by atoms with Crippen molar-refractivity contribution in [1.82, 2.24) is 15.1 Å². The zero-order valence-corrected chi connectivity index (χ0v) is 17.3. The Morgan fingerprint density at radius 1 is 1.10 bits per heavy atom. The van der Waals surface area contributed by atoms with Crippen molar-refractivity contribution in [2.75, 3.05) is 13.1 Å². The molecule has 0 bridgehead atoms. The molecule has 160 valence electrons. The molecule has 2 aromatic carbocycles. The molecule has 3 amide bonds. The summed E-state index contributed by atoms with van der Waals surface area (Å²) in [6.45, 7) is 2.80. The van der Waals surface area contributed by atoms with E-state index in [9.17, 15) is 14.4 Å². The maximum absolute atomic E-state index is 13.0. The zero-order valence-electron chi connectivity index (χ0n) is 17.3. The molecule has 3 aliphatic heterocycles. The minimum atomic E-state index is -0.580. The first-order chi connectivity index (χ1) is 14.9. The highest BCUT2D eigenvalue weighted by Gasteiger charge is 2.39. The molecule has 7 heteroatoms. The van der Waals surface area contributed by atoms with Gasteiger partial charge < -0.3 is 10.6 Å². The smallest absolute Gasteiger partial charge is 0.255 e. The lowest BCUT2D eigenvalue weighted by atomic mass is 9.90. The maximum atomic E-state index is 13.0. The van der Waals surface area contributed by atoms with Crippen LogP contribution in [0.15, 0.2) is 48.5 Å². The van der Waals surface area contributed by atoms with E-state index in [0.29, 0.717) is 18.5 Å². The zero-order chi connectivity index (χ0) is 21.6. The Labute approximate surface area is 181 Å². The number of nitrogens with zero attached hydrogens (tertiary/aromatic N) is 2. The predicted octanol–water partition coefficient (Wildman–Crippen LogP) is 1.51. The Bertz CT molecular complexity index is 1050. The molecular formula is C24H26N4O3. The first-order valence-electron chi connectivity index (χ1n) is 10.8. The number of hydrogen-bond acceptors (Lipinski definition) is 5. The van der Waals surface area contributed by atoms with Gasteiger partial charge in [0.05, 0.1) is 5.54 Å². The van der Waals surface area contributed by atoms with Crippen LogP contribution in [0.2, 0.25) is 0 Å². The summed E-state index contributed by atoms with van der Waals surface area (Å²) in [6.07, 6.45) is 1.53. The molecule has 2 saturated heterocycles.